The van der Waals surface area contributed by atoms with Gasteiger partial charge in [-0.3, -0.25) is 9.59 Å². The molecule has 29 heavy (non-hydrogen) atoms. The van der Waals surface area contributed by atoms with E-state index in [1.54, 1.807) is 17.6 Å². The van der Waals surface area contributed by atoms with Gasteiger partial charge in [0.05, 0.1) is 17.7 Å². The van der Waals surface area contributed by atoms with E-state index in [9.17, 15) is 9.59 Å². The number of H-pyrrole nitrogens is 1. The number of thiophene rings is 1. The normalized spacial score (nSPS) is 21.0. The summed E-state index contributed by atoms with van der Waals surface area (Å²) in [5.74, 6) is 2.21. The van der Waals surface area contributed by atoms with Crippen LogP contribution in [0.4, 0.5) is 0 Å². The van der Waals surface area contributed by atoms with Crippen LogP contribution in [-0.2, 0) is 30.5 Å². The molecule has 0 spiro atoms. The van der Waals surface area contributed by atoms with Crippen LogP contribution >= 0.6 is 11.3 Å². The average molecular weight is 412 g/mol. The van der Waals surface area contributed by atoms with Crippen molar-refractivity contribution >= 4 is 27.5 Å². The van der Waals surface area contributed by atoms with Gasteiger partial charge in [-0.2, -0.15) is 0 Å². The Balaban J connectivity index is 1.29. The first-order chi connectivity index (χ1) is 14.1. The van der Waals surface area contributed by atoms with Crippen LogP contribution in [0.5, 0.6) is 0 Å². The Bertz CT molecular complexity index is 1130. The number of hydrogen-bond donors (Lipinski definition) is 2. The zero-order valence-corrected chi connectivity index (χ0v) is 17.4. The molecule has 1 amide bonds. The Morgan fingerprint density at radius 3 is 3.17 bits per heavy atom. The standard InChI is InChI=1S/C22H25N3O3S/c1-12-5-6-14-17(11-12)29-22-20(14)21(27)24-18(25-22)7-8-19(26)23-15-3-2-4-16-13(15)9-10-28-16/h9-10,12,15H,2-8,11H2,1H3,(H,23,26)(H,24,25,27). The molecule has 2 aliphatic rings. The van der Waals surface area contributed by atoms with Crippen molar-refractivity contribution in [1.29, 1.82) is 0 Å². The van der Waals surface area contributed by atoms with Crippen molar-refractivity contribution in [1.82, 2.24) is 15.3 Å². The summed E-state index contributed by atoms with van der Waals surface area (Å²) in [5, 5.41) is 3.88. The number of aromatic nitrogens is 2. The highest BCUT2D eigenvalue weighted by Crippen LogP contribution is 2.35. The zero-order valence-electron chi connectivity index (χ0n) is 16.5. The van der Waals surface area contributed by atoms with E-state index in [0.717, 1.165) is 60.1 Å². The summed E-state index contributed by atoms with van der Waals surface area (Å²) >= 11 is 1.65. The number of aryl methyl sites for hydroxylation is 3. The number of fused-ring (bicyclic) bond motifs is 4. The number of rotatable bonds is 4. The number of aromatic amines is 1. The van der Waals surface area contributed by atoms with E-state index >= 15 is 0 Å². The van der Waals surface area contributed by atoms with E-state index in [2.05, 4.69) is 22.2 Å². The van der Waals surface area contributed by atoms with Gasteiger partial charge in [0.1, 0.15) is 16.4 Å². The predicted molar refractivity (Wildman–Crippen MR) is 112 cm³/mol. The molecule has 6 nitrogen and oxygen atoms in total. The summed E-state index contributed by atoms with van der Waals surface area (Å²) in [5.41, 5.74) is 2.22. The third-order valence-electron chi connectivity index (χ3n) is 6.19. The van der Waals surface area contributed by atoms with Gasteiger partial charge in [0.15, 0.2) is 0 Å². The van der Waals surface area contributed by atoms with E-state index in [0.29, 0.717) is 24.6 Å². The maximum Gasteiger partial charge on any atom is 0.259 e. The minimum Gasteiger partial charge on any atom is -0.469 e. The largest absolute Gasteiger partial charge is 0.469 e. The molecular weight excluding hydrogens is 386 g/mol. The van der Waals surface area contributed by atoms with Gasteiger partial charge in [-0.05, 0) is 49.7 Å². The van der Waals surface area contributed by atoms with Gasteiger partial charge >= 0.3 is 0 Å². The number of nitrogens with zero attached hydrogens (tertiary/aromatic N) is 1. The lowest BCUT2D eigenvalue weighted by atomic mass is 9.89. The summed E-state index contributed by atoms with van der Waals surface area (Å²) in [6, 6.07) is 1.97. The first-order valence-electron chi connectivity index (χ1n) is 10.5. The molecular formula is C22H25N3O3S. The molecule has 2 unspecified atom stereocenters. The van der Waals surface area contributed by atoms with Crippen LogP contribution in [-0.4, -0.2) is 15.9 Å². The smallest absolute Gasteiger partial charge is 0.259 e. The molecule has 0 bridgehead atoms. The van der Waals surface area contributed by atoms with E-state index in [4.69, 9.17) is 4.42 Å². The number of nitrogens with one attached hydrogen (secondary N) is 2. The Hall–Kier alpha value is -2.41. The van der Waals surface area contributed by atoms with Gasteiger partial charge < -0.3 is 14.7 Å². The van der Waals surface area contributed by atoms with Crippen LogP contribution < -0.4 is 10.9 Å². The molecule has 0 radical (unpaired) electrons. The fourth-order valence-electron chi connectivity index (χ4n) is 4.65. The lowest BCUT2D eigenvalue weighted by Crippen LogP contribution is -2.30. The van der Waals surface area contributed by atoms with Crippen molar-refractivity contribution in [2.24, 2.45) is 5.92 Å². The summed E-state index contributed by atoms with van der Waals surface area (Å²) in [6.07, 6.45) is 8.42. The lowest BCUT2D eigenvalue weighted by Gasteiger charge is -2.22. The second-order valence-electron chi connectivity index (χ2n) is 8.36. The van der Waals surface area contributed by atoms with Crippen molar-refractivity contribution in [2.45, 2.75) is 64.3 Å². The highest BCUT2D eigenvalue weighted by atomic mass is 32.1. The molecule has 5 rings (SSSR count). The molecule has 3 aromatic heterocycles. The van der Waals surface area contributed by atoms with Crippen molar-refractivity contribution in [2.75, 3.05) is 0 Å². The molecule has 152 valence electrons. The summed E-state index contributed by atoms with van der Waals surface area (Å²) in [6.45, 7) is 2.26. The number of hydrogen-bond acceptors (Lipinski definition) is 5. The molecule has 2 atom stereocenters. The Morgan fingerprint density at radius 2 is 2.28 bits per heavy atom. The highest BCUT2D eigenvalue weighted by molar-refractivity contribution is 7.18. The second-order valence-corrected chi connectivity index (χ2v) is 9.44. The molecule has 2 N–H and O–H groups in total. The van der Waals surface area contributed by atoms with Crippen molar-refractivity contribution < 1.29 is 9.21 Å². The van der Waals surface area contributed by atoms with E-state index < -0.39 is 0 Å². The van der Waals surface area contributed by atoms with Crippen LogP contribution in [0, 0.1) is 5.92 Å². The van der Waals surface area contributed by atoms with Gasteiger partial charge in [-0.25, -0.2) is 4.98 Å². The fraction of sp³-hybridized carbons (Fsp3) is 0.500. The minimum atomic E-state index is -0.0622. The van der Waals surface area contributed by atoms with Crippen molar-refractivity contribution in [3.05, 3.63) is 50.3 Å². The molecule has 0 aliphatic heterocycles. The Labute approximate surface area is 172 Å². The maximum absolute atomic E-state index is 12.7. The fourth-order valence-corrected chi connectivity index (χ4v) is 6.05. The number of amides is 1. The molecule has 2 aliphatic carbocycles. The van der Waals surface area contributed by atoms with E-state index in [1.165, 1.54) is 10.4 Å². The van der Waals surface area contributed by atoms with E-state index in [-0.39, 0.29) is 17.5 Å². The quantitative estimate of drug-likeness (QED) is 0.683. The van der Waals surface area contributed by atoms with Crippen LogP contribution in [0.2, 0.25) is 0 Å². The van der Waals surface area contributed by atoms with Crippen LogP contribution in [0.3, 0.4) is 0 Å². The molecule has 0 fully saturated rings. The summed E-state index contributed by atoms with van der Waals surface area (Å²) < 4.78 is 5.49. The molecule has 7 heteroatoms. The molecule has 0 saturated carbocycles. The second kappa shape index (κ2) is 7.44. The SMILES string of the molecule is CC1CCc2c(sc3nc(CCC(=O)NC4CCCc5occc54)[nH]c(=O)c23)C1. The minimum absolute atomic E-state index is 0.0190. The van der Waals surface area contributed by atoms with Crippen LogP contribution in [0.15, 0.2) is 21.5 Å². The predicted octanol–water partition coefficient (Wildman–Crippen LogP) is 3.83. The van der Waals surface area contributed by atoms with E-state index in [1.807, 2.05) is 6.07 Å². The number of carbonyl (C=O) groups is 1. The summed E-state index contributed by atoms with van der Waals surface area (Å²) in [4.78, 5) is 34.9. The molecule has 3 heterocycles. The molecule has 3 aromatic rings. The molecule has 0 saturated heterocycles. The van der Waals surface area contributed by atoms with Crippen LogP contribution in [0.25, 0.3) is 10.2 Å². The van der Waals surface area contributed by atoms with Gasteiger partial charge in [-0.1, -0.05) is 6.92 Å². The summed E-state index contributed by atoms with van der Waals surface area (Å²) in [7, 11) is 0. The van der Waals surface area contributed by atoms with Crippen LogP contribution in [0.1, 0.15) is 66.2 Å². The van der Waals surface area contributed by atoms with Gasteiger partial charge in [0, 0.05) is 29.7 Å². The third-order valence-corrected chi connectivity index (χ3v) is 7.34. The maximum atomic E-state index is 12.7. The first kappa shape index (κ1) is 18.6. The Kier molecular flexibility index (Phi) is 4.78. The number of carbonyl (C=O) groups excluding carboxylic acids is 1. The number of furan rings is 1. The lowest BCUT2D eigenvalue weighted by molar-refractivity contribution is -0.121. The van der Waals surface area contributed by atoms with Crippen molar-refractivity contribution in [3.63, 3.8) is 0 Å². The molecule has 0 aromatic carbocycles. The monoisotopic (exact) mass is 411 g/mol. The third kappa shape index (κ3) is 3.52. The zero-order chi connectivity index (χ0) is 20.0. The van der Waals surface area contributed by atoms with Gasteiger partial charge in [-0.15, -0.1) is 11.3 Å². The topological polar surface area (TPSA) is 88.0 Å². The van der Waals surface area contributed by atoms with Gasteiger partial charge in [0.2, 0.25) is 5.91 Å². The average Bonchev–Trinajstić information content (AvgIpc) is 3.31. The highest BCUT2D eigenvalue weighted by Gasteiger charge is 2.25. The van der Waals surface area contributed by atoms with Crippen molar-refractivity contribution in [3.8, 4) is 0 Å². The first-order valence-corrected chi connectivity index (χ1v) is 11.3. The van der Waals surface area contributed by atoms with Gasteiger partial charge in [0.25, 0.3) is 5.56 Å². The Morgan fingerprint density at radius 1 is 1.38 bits per heavy atom.